The zero-order valence-electron chi connectivity index (χ0n) is 12.2. The summed E-state index contributed by atoms with van der Waals surface area (Å²) in [6, 6.07) is 4.26. The molecule has 1 aromatic carbocycles. The van der Waals surface area contributed by atoms with E-state index in [4.69, 9.17) is 9.29 Å². The Kier molecular flexibility index (Phi) is 4.43. The van der Waals surface area contributed by atoms with Crippen molar-refractivity contribution in [3.63, 3.8) is 0 Å². The molecule has 0 radical (unpaired) electrons. The zero-order valence-corrected chi connectivity index (χ0v) is 13.0. The van der Waals surface area contributed by atoms with Gasteiger partial charge in [-0.3, -0.25) is 4.55 Å². The molecule has 1 aromatic heterocycles. The van der Waals surface area contributed by atoms with Crippen LogP contribution in [-0.2, 0) is 10.1 Å². The Morgan fingerprint density at radius 3 is 2.45 bits per heavy atom. The highest BCUT2D eigenvalue weighted by atomic mass is 32.2. The number of methoxy groups -OCH3 is 1. The number of ether oxygens (including phenoxy) is 1. The number of rotatable bonds is 5. The van der Waals surface area contributed by atoms with Crippen LogP contribution in [0.15, 0.2) is 23.1 Å². The number of benzene rings is 1. The van der Waals surface area contributed by atoms with Crippen molar-refractivity contribution in [2.24, 2.45) is 0 Å². The quantitative estimate of drug-likeness (QED) is 0.695. The van der Waals surface area contributed by atoms with Crippen LogP contribution in [0.5, 0.6) is 6.01 Å². The van der Waals surface area contributed by atoms with Gasteiger partial charge >= 0.3 is 6.01 Å². The number of aryl methyl sites for hydroxylation is 1. The fourth-order valence-corrected chi connectivity index (χ4v) is 2.14. The van der Waals surface area contributed by atoms with Gasteiger partial charge in [-0.05, 0) is 24.6 Å². The molecule has 0 spiro atoms. The van der Waals surface area contributed by atoms with Crippen molar-refractivity contribution in [3.05, 3.63) is 23.8 Å². The minimum Gasteiger partial charge on any atom is -0.467 e. The molecule has 2 rings (SSSR count). The highest BCUT2D eigenvalue weighted by molar-refractivity contribution is 7.85. The third-order valence-electron chi connectivity index (χ3n) is 2.77. The largest absolute Gasteiger partial charge is 0.467 e. The molecule has 22 heavy (non-hydrogen) atoms. The summed E-state index contributed by atoms with van der Waals surface area (Å²) in [5.41, 5.74) is 1.18. The van der Waals surface area contributed by atoms with Crippen molar-refractivity contribution in [2.75, 3.05) is 24.8 Å². The maximum absolute atomic E-state index is 11.2. The van der Waals surface area contributed by atoms with Gasteiger partial charge in [-0.1, -0.05) is 6.07 Å². The number of anilines is 3. The van der Waals surface area contributed by atoms with E-state index in [1.165, 1.54) is 19.2 Å². The first-order valence-electron chi connectivity index (χ1n) is 6.16. The van der Waals surface area contributed by atoms with Crippen LogP contribution in [0.3, 0.4) is 0 Å². The zero-order chi connectivity index (χ0) is 16.3. The highest BCUT2D eigenvalue weighted by Gasteiger charge is 2.13. The fourth-order valence-electron chi connectivity index (χ4n) is 1.63. The second-order valence-corrected chi connectivity index (χ2v) is 5.72. The van der Waals surface area contributed by atoms with Crippen LogP contribution < -0.4 is 15.4 Å². The first kappa shape index (κ1) is 15.9. The van der Waals surface area contributed by atoms with E-state index >= 15 is 0 Å². The summed E-state index contributed by atoms with van der Waals surface area (Å²) in [4.78, 5) is 11.8. The summed E-state index contributed by atoms with van der Waals surface area (Å²) in [5, 5.41) is 5.64. The van der Waals surface area contributed by atoms with E-state index in [-0.39, 0.29) is 22.8 Å². The number of nitrogens with zero attached hydrogens (tertiary/aromatic N) is 3. The van der Waals surface area contributed by atoms with Crippen molar-refractivity contribution in [3.8, 4) is 6.01 Å². The summed E-state index contributed by atoms with van der Waals surface area (Å²) < 4.78 is 36.5. The van der Waals surface area contributed by atoms with Crippen LogP contribution in [0.1, 0.15) is 5.56 Å². The molecule has 0 unspecified atom stereocenters. The third kappa shape index (κ3) is 3.59. The minimum absolute atomic E-state index is 0.102. The van der Waals surface area contributed by atoms with Crippen molar-refractivity contribution < 1.29 is 17.7 Å². The predicted molar refractivity (Wildman–Crippen MR) is 80.2 cm³/mol. The van der Waals surface area contributed by atoms with Gasteiger partial charge in [0.05, 0.1) is 12.0 Å². The Labute approximate surface area is 127 Å². The third-order valence-corrected chi connectivity index (χ3v) is 3.62. The molecule has 0 saturated carbocycles. The van der Waals surface area contributed by atoms with E-state index in [0.717, 1.165) is 5.56 Å². The summed E-state index contributed by atoms with van der Waals surface area (Å²) in [6.45, 7) is 1.77. The predicted octanol–water partition coefficient (Wildman–Crippen LogP) is 1.22. The smallest absolute Gasteiger partial charge is 0.322 e. The van der Waals surface area contributed by atoms with E-state index in [1.54, 1.807) is 20.0 Å². The number of hydrogen-bond donors (Lipinski definition) is 3. The molecule has 0 atom stereocenters. The van der Waals surface area contributed by atoms with Crippen LogP contribution in [0, 0.1) is 6.92 Å². The topological polar surface area (TPSA) is 126 Å². The molecule has 0 aliphatic heterocycles. The molecule has 3 N–H and O–H groups in total. The molecule has 0 amide bonds. The SMILES string of the molecule is CNc1nc(Nc2cc(S(=O)(=O)O)ccc2C)nc(OC)n1. The summed E-state index contributed by atoms with van der Waals surface area (Å²) in [6.07, 6.45) is 0. The van der Waals surface area contributed by atoms with E-state index in [1.807, 2.05) is 0 Å². The van der Waals surface area contributed by atoms with E-state index < -0.39 is 10.1 Å². The minimum atomic E-state index is -4.29. The lowest BCUT2D eigenvalue weighted by molar-refractivity contribution is 0.379. The Hall–Kier alpha value is -2.46. The van der Waals surface area contributed by atoms with Gasteiger partial charge in [-0.2, -0.15) is 23.4 Å². The molecule has 2 aromatic rings. The second-order valence-electron chi connectivity index (χ2n) is 4.30. The average molecular weight is 325 g/mol. The van der Waals surface area contributed by atoms with Crippen LogP contribution >= 0.6 is 0 Å². The fraction of sp³-hybridized carbons (Fsp3) is 0.250. The molecule has 0 bridgehead atoms. The lowest BCUT2D eigenvalue weighted by Gasteiger charge is -2.11. The Bertz CT molecular complexity index is 772. The van der Waals surface area contributed by atoms with Gasteiger partial charge in [0.2, 0.25) is 11.9 Å². The maximum atomic E-state index is 11.2. The summed E-state index contributed by atoms with van der Waals surface area (Å²) >= 11 is 0. The van der Waals surface area contributed by atoms with Crippen molar-refractivity contribution in [1.29, 1.82) is 0 Å². The number of nitrogens with one attached hydrogen (secondary N) is 2. The highest BCUT2D eigenvalue weighted by Crippen LogP contribution is 2.23. The van der Waals surface area contributed by atoms with Crippen LogP contribution in [0.4, 0.5) is 17.6 Å². The molecule has 118 valence electrons. The van der Waals surface area contributed by atoms with E-state index in [9.17, 15) is 8.42 Å². The molecule has 9 nitrogen and oxygen atoms in total. The summed E-state index contributed by atoms with van der Waals surface area (Å²) in [5.74, 6) is 0.463. The maximum Gasteiger partial charge on any atom is 0.322 e. The average Bonchev–Trinajstić information content (AvgIpc) is 2.47. The van der Waals surface area contributed by atoms with Crippen molar-refractivity contribution in [2.45, 2.75) is 11.8 Å². The number of aromatic nitrogens is 3. The molecule has 10 heteroatoms. The number of hydrogen-bond acceptors (Lipinski definition) is 8. The van der Waals surface area contributed by atoms with Crippen LogP contribution in [0.2, 0.25) is 0 Å². The van der Waals surface area contributed by atoms with E-state index in [0.29, 0.717) is 5.69 Å². The molecule has 1 heterocycles. The van der Waals surface area contributed by atoms with Gasteiger partial charge in [-0.25, -0.2) is 0 Å². The second kappa shape index (κ2) is 6.12. The first-order chi connectivity index (χ1) is 10.3. The van der Waals surface area contributed by atoms with Gasteiger partial charge in [-0.15, -0.1) is 0 Å². The van der Waals surface area contributed by atoms with Gasteiger partial charge in [0.1, 0.15) is 0 Å². The molecule has 0 aliphatic rings. The van der Waals surface area contributed by atoms with Gasteiger partial charge < -0.3 is 15.4 Å². The van der Waals surface area contributed by atoms with Gasteiger partial charge in [0.15, 0.2) is 0 Å². The van der Waals surface area contributed by atoms with Gasteiger partial charge in [0.25, 0.3) is 10.1 Å². The monoisotopic (exact) mass is 325 g/mol. The normalized spacial score (nSPS) is 11.1. The Morgan fingerprint density at radius 2 is 1.86 bits per heavy atom. The summed E-state index contributed by atoms with van der Waals surface area (Å²) in [7, 11) is -1.23. The Morgan fingerprint density at radius 1 is 1.18 bits per heavy atom. The van der Waals surface area contributed by atoms with E-state index in [2.05, 4.69) is 25.6 Å². The molecule has 0 aliphatic carbocycles. The standard InChI is InChI=1S/C12H15N5O4S/c1-7-4-5-8(22(18,19)20)6-9(7)14-11-15-10(13-2)16-12(17-11)21-3/h4-6H,1-3H3,(H,18,19,20)(H2,13,14,15,16,17). The van der Waals surface area contributed by atoms with Crippen molar-refractivity contribution >= 4 is 27.7 Å². The lowest BCUT2D eigenvalue weighted by atomic mass is 10.2. The molecule has 0 saturated heterocycles. The molecule has 0 fully saturated rings. The molecular formula is C12H15N5O4S. The van der Waals surface area contributed by atoms with Crippen LogP contribution in [-0.4, -0.2) is 42.1 Å². The molecular weight excluding hydrogens is 310 g/mol. The lowest BCUT2D eigenvalue weighted by Crippen LogP contribution is -2.07. The Balaban J connectivity index is 2.42. The van der Waals surface area contributed by atoms with Gasteiger partial charge in [0, 0.05) is 12.7 Å². The van der Waals surface area contributed by atoms with Crippen molar-refractivity contribution in [1.82, 2.24) is 15.0 Å². The van der Waals surface area contributed by atoms with Crippen LogP contribution in [0.25, 0.3) is 0 Å². The first-order valence-corrected chi connectivity index (χ1v) is 7.60.